The molecule has 0 amide bonds. The van der Waals surface area contributed by atoms with Crippen LogP contribution in [0.1, 0.15) is 18.4 Å². The van der Waals surface area contributed by atoms with Crippen LogP contribution in [-0.4, -0.2) is 43.6 Å². The van der Waals surface area contributed by atoms with E-state index in [9.17, 15) is 0 Å². The molecule has 2 heterocycles. The summed E-state index contributed by atoms with van der Waals surface area (Å²) in [5.41, 5.74) is 7.93. The SMILES string of the molecule is Cc1cnc(N(C)CC2CCN(C)CC2)c(N)c1. The summed E-state index contributed by atoms with van der Waals surface area (Å²) in [6, 6.07) is 1.99. The van der Waals surface area contributed by atoms with Crippen LogP contribution in [0.5, 0.6) is 0 Å². The van der Waals surface area contributed by atoms with Crippen molar-refractivity contribution >= 4 is 11.5 Å². The van der Waals surface area contributed by atoms with Crippen molar-refractivity contribution in [2.45, 2.75) is 19.8 Å². The number of aryl methyl sites for hydroxylation is 1. The molecule has 1 fully saturated rings. The Morgan fingerprint density at radius 1 is 1.44 bits per heavy atom. The molecule has 18 heavy (non-hydrogen) atoms. The molecular formula is C14H24N4. The molecule has 1 saturated heterocycles. The van der Waals surface area contributed by atoms with Gasteiger partial charge in [0, 0.05) is 19.8 Å². The number of hydrogen-bond donors (Lipinski definition) is 1. The maximum atomic E-state index is 6.04. The second-order valence-electron chi connectivity index (χ2n) is 5.55. The van der Waals surface area contributed by atoms with Gasteiger partial charge in [-0.1, -0.05) is 0 Å². The number of rotatable bonds is 3. The third-order valence-corrected chi connectivity index (χ3v) is 3.76. The molecule has 0 saturated carbocycles. The van der Waals surface area contributed by atoms with Gasteiger partial charge in [0.05, 0.1) is 5.69 Å². The first-order valence-corrected chi connectivity index (χ1v) is 6.68. The molecule has 0 radical (unpaired) electrons. The van der Waals surface area contributed by atoms with Gasteiger partial charge >= 0.3 is 0 Å². The predicted molar refractivity (Wildman–Crippen MR) is 76.9 cm³/mol. The fourth-order valence-electron chi connectivity index (χ4n) is 2.62. The fourth-order valence-corrected chi connectivity index (χ4v) is 2.62. The van der Waals surface area contributed by atoms with Gasteiger partial charge in [0.25, 0.3) is 0 Å². The van der Waals surface area contributed by atoms with Gasteiger partial charge in [-0.25, -0.2) is 4.98 Å². The van der Waals surface area contributed by atoms with E-state index in [1.54, 1.807) is 0 Å². The van der Waals surface area contributed by atoms with Crippen LogP contribution in [0, 0.1) is 12.8 Å². The summed E-state index contributed by atoms with van der Waals surface area (Å²) < 4.78 is 0. The minimum absolute atomic E-state index is 0.758. The molecule has 2 rings (SSSR count). The van der Waals surface area contributed by atoms with Crippen molar-refractivity contribution in [3.05, 3.63) is 17.8 Å². The Labute approximate surface area is 110 Å². The Hall–Kier alpha value is -1.29. The van der Waals surface area contributed by atoms with Crippen molar-refractivity contribution in [3.63, 3.8) is 0 Å². The summed E-state index contributed by atoms with van der Waals surface area (Å²) in [6.07, 6.45) is 4.43. The molecule has 1 aliphatic rings. The van der Waals surface area contributed by atoms with Crippen LogP contribution in [-0.2, 0) is 0 Å². The maximum absolute atomic E-state index is 6.04. The van der Waals surface area contributed by atoms with E-state index in [4.69, 9.17) is 5.73 Å². The van der Waals surface area contributed by atoms with E-state index in [-0.39, 0.29) is 0 Å². The van der Waals surface area contributed by atoms with Gasteiger partial charge in [0.1, 0.15) is 0 Å². The average molecular weight is 248 g/mol. The molecule has 0 spiro atoms. The van der Waals surface area contributed by atoms with Gasteiger partial charge in [-0.3, -0.25) is 0 Å². The van der Waals surface area contributed by atoms with Crippen LogP contribution in [0.25, 0.3) is 0 Å². The number of piperidine rings is 1. The number of hydrogen-bond acceptors (Lipinski definition) is 4. The van der Waals surface area contributed by atoms with Crippen LogP contribution >= 0.6 is 0 Å². The molecule has 100 valence electrons. The number of pyridine rings is 1. The highest BCUT2D eigenvalue weighted by atomic mass is 15.2. The standard InChI is InChI=1S/C14H24N4/c1-11-8-13(15)14(16-9-11)18(3)10-12-4-6-17(2)7-5-12/h8-9,12H,4-7,10,15H2,1-3H3. The lowest BCUT2D eigenvalue weighted by Gasteiger charge is -2.32. The Balaban J connectivity index is 1.97. The quantitative estimate of drug-likeness (QED) is 0.885. The number of likely N-dealkylation sites (tertiary alicyclic amines) is 1. The van der Waals surface area contributed by atoms with E-state index in [1.807, 2.05) is 19.2 Å². The van der Waals surface area contributed by atoms with Gasteiger partial charge in [0.15, 0.2) is 5.82 Å². The van der Waals surface area contributed by atoms with Crippen molar-refractivity contribution < 1.29 is 0 Å². The molecule has 0 atom stereocenters. The Bertz CT molecular complexity index is 397. The molecule has 0 aliphatic carbocycles. The first-order valence-electron chi connectivity index (χ1n) is 6.68. The zero-order chi connectivity index (χ0) is 13.1. The highest BCUT2D eigenvalue weighted by Gasteiger charge is 2.19. The van der Waals surface area contributed by atoms with Gasteiger partial charge in [0.2, 0.25) is 0 Å². The summed E-state index contributed by atoms with van der Waals surface area (Å²) in [7, 11) is 4.28. The van der Waals surface area contributed by atoms with Gasteiger partial charge in [-0.15, -0.1) is 0 Å². The van der Waals surface area contributed by atoms with Crippen molar-refractivity contribution in [2.24, 2.45) is 5.92 Å². The second-order valence-corrected chi connectivity index (χ2v) is 5.55. The van der Waals surface area contributed by atoms with Crippen molar-refractivity contribution in [3.8, 4) is 0 Å². The zero-order valence-electron chi connectivity index (χ0n) is 11.7. The fraction of sp³-hybridized carbons (Fsp3) is 0.643. The topological polar surface area (TPSA) is 45.4 Å². The zero-order valence-corrected chi connectivity index (χ0v) is 11.7. The highest BCUT2D eigenvalue weighted by Crippen LogP contribution is 2.23. The lowest BCUT2D eigenvalue weighted by molar-refractivity contribution is 0.222. The Morgan fingerprint density at radius 2 is 2.11 bits per heavy atom. The van der Waals surface area contributed by atoms with Crippen LogP contribution in [0.4, 0.5) is 11.5 Å². The minimum atomic E-state index is 0.758. The number of anilines is 2. The van der Waals surface area contributed by atoms with Crippen LogP contribution in [0.3, 0.4) is 0 Å². The van der Waals surface area contributed by atoms with E-state index in [0.29, 0.717) is 0 Å². The summed E-state index contributed by atoms with van der Waals surface area (Å²) in [4.78, 5) is 9.05. The molecule has 2 N–H and O–H groups in total. The molecule has 0 unspecified atom stereocenters. The minimum Gasteiger partial charge on any atom is -0.396 e. The normalized spacial score (nSPS) is 17.9. The van der Waals surface area contributed by atoms with Crippen LogP contribution in [0.15, 0.2) is 12.3 Å². The number of aromatic nitrogens is 1. The lowest BCUT2D eigenvalue weighted by atomic mass is 9.96. The van der Waals surface area contributed by atoms with E-state index in [0.717, 1.165) is 29.5 Å². The first kappa shape index (κ1) is 13.1. The monoisotopic (exact) mass is 248 g/mol. The van der Waals surface area contributed by atoms with Crippen LogP contribution in [0.2, 0.25) is 0 Å². The van der Waals surface area contributed by atoms with Crippen molar-refractivity contribution in [1.29, 1.82) is 0 Å². The average Bonchev–Trinajstić information content (AvgIpc) is 2.32. The summed E-state index contributed by atoms with van der Waals surface area (Å²) >= 11 is 0. The summed E-state index contributed by atoms with van der Waals surface area (Å²) in [5, 5.41) is 0. The predicted octanol–water partition coefficient (Wildman–Crippen LogP) is 1.75. The molecule has 1 aromatic heterocycles. The molecular weight excluding hydrogens is 224 g/mol. The molecule has 1 aromatic rings. The lowest BCUT2D eigenvalue weighted by Crippen LogP contribution is -2.36. The van der Waals surface area contributed by atoms with Gasteiger partial charge in [-0.05, 0) is 57.5 Å². The number of nitrogens with two attached hydrogens (primary N) is 1. The molecule has 4 nitrogen and oxygen atoms in total. The van der Waals surface area contributed by atoms with Crippen LogP contribution < -0.4 is 10.6 Å². The van der Waals surface area contributed by atoms with Crippen molar-refractivity contribution in [2.75, 3.05) is 44.4 Å². The molecule has 0 aromatic carbocycles. The molecule has 1 aliphatic heterocycles. The third kappa shape index (κ3) is 3.13. The first-order chi connectivity index (χ1) is 8.56. The summed E-state index contributed by atoms with van der Waals surface area (Å²) in [6.45, 7) is 5.48. The smallest absolute Gasteiger partial charge is 0.151 e. The Morgan fingerprint density at radius 3 is 2.72 bits per heavy atom. The van der Waals surface area contributed by atoms with E-state index >= 15 is 0 Å². The Kier molecular flexibility index (Phi) is 4.07. The van der Waals surface area contributed by atoms with E-state index in [1.165, 1.54) is 25.9 Å². The summed E-state index contributed by atoms with van der Waals surface area (Å²) in [5.74, 6) is 1.67. The van der Waals surface area contributed by atoms with Crippen molar-refractivity contribution in [1.82, 2.24) is 9.88 Å². The van der Waals surface area contributed by atoms with Gasteiger partial charge in [-0.2, -0.15) is 0 Å². The van der Waals surface area contributed by atoms with Gasteiger partial charge < -0.3 is 15.5 Å². The number of nitrogen functional groups attached to an aromatic ring is 1. The molecule has 0 bridgehead atoms. The number of nitrogens with zero attached hydrogens (tertiary/aromatic N) is 3. The third-order valence-electron chi connectivity index (χ3n) is 3.76. The van der Waals surface area contributed by atoms with E-state index in [2.05, 4.69) is 28.9 Å². The second kappa shape index (κ2) is 5.57. The largest absolute Gasteiger partial charge is 0.396 e. The molecule has 4 heteroatoms. The maximum Gasteiger partial charge on any atom is 0.151 e. The highest BCUT2D eigenvalue weighted by molar-refractivity contribution is 5.62. The van der Waals surface area contributed by atoms with E-state index < -0.39 is 0 Å².